The first-order valence-electron chi connectivity index (χ1n) is 7.64. The third kappa shape index (κ3) is 3.37. The molecule has 2 rings (SSSR count). The summed E-state index contributed by atoms with van der Waals surface area (Å²) in [5.41, 5.74) is 3.01. The molecule has 1 aliphatic heterocycles. The van der Waals surface area contributed by atoms with Gasteiger partial charge in [0.2, 0.25) is 0 Å². The van der Waals surface area contributed by atoms with Crippen LogP contribution in [0.1, 0.15) is 50.8 Å². The molecule has 1 saturated heterocycles. The van der Waals surface area contributed by atoms with Gasteiger partial charge in [-0.15, -0.1) is 0 Å². The fraction of sp³-hybridized carbons (Fsp3) is 0.647. The quantitative estimate of drug-likeness (QED) is 0.892. The van der Waals surface area contributed by atoms with E-state index in [1.807, 2.05) is 0 Å². The molecule has 0 amide bonds. The highest BCUT2D eigenvalue weighted by atomic mass is 16.5. The van der Waals surface area contributed by atoms with Crippen LogP contribution in [-0.4, -0.2) is 19.7 Å². The minimum atomic E-state index is 0.200. The molecule has 0 aromatic heterocycles. The molecule has 0 saturated carbocycles. The molecule has 106 valence electrons. The standard InChI is InChI=1S/C17H27NO/c1-4-14-7-9-15(10-8-14)16-11-18-12-17(5-2,6-3)13-19-16/h7-10,16,18H,4-6,11-13H2,1-3H3. The Balaban J connectivity index is 2.05. The van der Waals surface area contributed by atoms with Gasteiger partial charge in [0.1, 0.15) is 0 Å². The Bertz CT molecular complexity index is 381. The van der Waals surface area contributed by atoms with Crippen molar-refractivity contribution >= 4 is 0 Å². The fourth-order valence-electron chi connectivity index (χ4n) is 2.74. The summed E-state index contributed by atoms with van der Waals surface area (Å²) in [6.07, 6.45) is 3.65. The minimum absolute atomic E-state index is 0.200. The molecule has 19 heavy (non-hydrogen) atoms. The van der Waals surface area contributed by atoms with E-state index in [2.05, 4.69) is 50.4 Å². The van der Waals surface area contributed by atoms with Crippen LogP contribution in [0.25, 0.3) is 0 Å². The van der Waals surface area contributed by atoms with Gasteiger partial charge in [-0.1, -0.05) is 45.0 Å². The number of aryl methyl sites for hydroxylation is 1. The Hall–Kier alpha value is -0.860. The second-order valence-electron chi connectivity index (χ2n) is 5.73. The lowest BCUT2D eigenvalue weighted by Gasteiger charge is -2.29. The number of nitrogens with one attached hydrogen (secondary N) is 1. The van der Waals surface area contributed by atoms with Crippen molar-refractivity contribution in [2.45, 2.75) is 46.1 Å². The lowest BCUT2D eigenvalue weighted by atomic mass is 9.83. The van der Waals surface area contributed by atoms with E-state index in [1.165, 1.54) is 24.0 Å². The molecule has 1 aromatic carbocycles. The third-order valence-corrected chi connectivity index (χ3v) is 4.68. The zero-order chi connectivity index (χ0) is 13.7. The summed E-state index contributed by atoms with van der Waals surface area (Å²) in [5, 5.41) is 3.59. The van der Waals surface area contributed by atoms with E-state index in [9.17, 15) is 0 Å². The SMILES string of the molecule is CCc1ccc(C2CNCC(CC)(CC)CO2)cc1. The highest BCUT2D eigenvalue weighted by Crippen LogP contribution is 2.31. The van der Waals surface area contributed by atoms with E-state index >= 15 is 0 Å². The van der Waals surface area contributed by atoms with Crippen LogP contribution in [0.15, 0.2) is 24.3 Å². The number of ether oxygens (including phenoxy) is 1. The molecule has 0 aliphatic carbocycles. The van der Waals surface area contributed by atoms with Crippen molar-refractivity contribution < 1.29 is 4.74 Å². The fourth-order valence-corrected chi connectivity index (χ4v) is 2.74. The molecule has 1 aliphatic rings. The Labute approximate surface area is 117 Å². The van der Waals surface area contributed by atoms with Gasteiger partial charge in [-0.3, -0.25) is 0 Å². The summed E-state index contributed by atoms with van der Waals surface area (Å²) in [6.45, 7) is 9.59. The summed E-state index contributed by atoms with van der Waals surface area (Å²) in [7, 11) is 0. The maximum absolute atomic E-state index is 6.20. The van der Waals surface area contributed by atoms with E-state index in [0.717, 1.165) is 26.1 Å². The van der Waals surface area contributed by atoms with E-state index in [0.29, 0.717) is 5.41 Å². The smallest absolute Gasteiger partial charge is 0.0949 e. The molecule has 1 aromatic rings. The van der Waals surface area contributed by atoms with Crippen molar-refractivity contribution in [1.29, 1.82) is 0 Å². The number of rotatable bonds is 4. The van der Waals surface area contributed by atoms with E-state index in [4.69, 9.17) is 4.74 Å². The summed E-state index contributed by atoms with van der Waals surface area (Å²) < 4.78 is 6.20. The zero-order valence-electron chi connectivity index (χ0n) is 12.5. The third-order valence-electron chi connectivity index (χ3n) is 4.68. The molecule has 1 N–H and O–H groups in total. The molecule has 1 fully saturated rings. The van der Waals surface area contributed by atoms with Gasteiger partial charge in [0.25, 0.3) is 0 Å². The van der Waals surface area contributed by atoms with Crippen molar-refractivity contribution in [3.8, 4) is 0 Å². The Kier molecular flexibility index (Phi) is 5.00. The highest BCUT2D eigenvalue weighted by Gasteiger charge is 2.30. The van der Waals surface area contributed by atoms with Crippen LogP contribution in [0, 0.1) is 5.41 Å². The van der Waals surface area contributed by atoms with Gasteiger partial charge in [-0.05, 0) is 30.4 Å². The lowest BCUT2D eigenvalue weighted by Crippen LogP contribution is -2.34. The summed E-state index contributed by atoms with van der Waals surface area (Å²) in [4.78, 5) is 0. The largest absolute Gasteiger partial charge is 0.372 e. The topological polar surface area (TPSA) is 21.3 Å². The number of hydrogen-bond donors (Lipinski definition) is 1. The van der Waals surface area contributed by atoms with Gasteiger partial charge >= 0.3 is 0 Å². The van der Waals surface area contributed by atoms with Crippen molar-refractivity contribution in [2.75, 3.05) is 19.7 Å². The second-order valence-corrected chi connectivity index (χ2v) is 5.73. The molecular formula is C17H27NO. The van der Waals surface area contributed by atoms with Crippen LogP contribution in [0.5, 0.6) is 0 Å². The van der Waals surface area contributed by atoms with Gasteiger partial charge in [0, 0.05) is 18.5 Å². The first kappa shape index (κ1) is 14.5. The van der Waals surface area contributed by atoms with Crippen molar-refractivity contribution in [2.24, 2.45) is 5.41 Å². The van der Waals surface area contributed by atoms with Gasteiger partial charge in [0.15, 0.2) is 0 Å². The predicted octanol–water partition coefficient (Wildman–Crippen LogP) is 3.72. The van der Waals surface area contributed by atoms with Gasteiger partial charge in [-0.25, -0.2) is 0 Å². The summed E-state index contributed by atoms with van der Waals surface area (Å²) in [5.74, 6) is 0. The van der Waals surface area contributed by atoms with E-state index in [1.54, 1.807) is 0 Å². The van der Waals surface area contributed by atoms with E-state index < -0.39 is 0 Å². The first-order chi connectivity index (χ1) is 9.23. The number of hydrogen-bond acceptors (Lipinski definition) is 2. The number of benzene rings is 1. The van der Waals surface area contributed by atoms with Crippen LogP contribution in [0.2, 0.25) is 0 Å². The monoisotopic (exact) mass is 261 g/mol. The maximum Gasteiger partial charge on any atom is 0.0949 e. The highest BCUT2D eigenvalue weighted by molar-refractivity contribution is 5.24. The Morgan fingerprint density at radius 3 is 2.42 bits per heavy atom. The minimum Gasteiger partial charge on any atom is -0.372 e. The van der Waals surface area contributed by atoms with Gasteiger partial charge in [-0.2, -0.15) is 0 Å². The first-order valence-corrected chi connectivity index (χ1v) is 7.64. The van der Waals surface area contributed by atoms with Crippen molar-refractivity contribution in [3.63, 3.8) is 0 Å². The van der Waals surface area contributed by atoms with Crippen LogP contribution in [0.4, 0.5) is 0 Å². The summed E-state index contributed by atoms with van der Waals surface area (Å²) >= 11 is 0. The molecule has 0 radical (unpaired) electrons. The maximum atomic E-state index is 6.20. The van der Waals surface area contributed by atoms with E-state index in [-0.39, 0.29) is 6.10 Å². The Morgan fingerprint density at radius 1 is 1.16 bits per heavy atom. The Morgan fingerprint density at radius 2 is 1.84 bits per heavy atom. The average molecular weight is 261 g/mol. The van der Waals surface area contributed by atoms with Crippen LogP contribution in [0.3, 0.4) is 0 Å². The van der Waals surface area contributed by atoms with Crippen LogP contribution in [-0.2, 0) is 11.2 Å². The van der Waals surface area contributed by atoms with Crippen molar-refractivity contribution in [3.05, 3.63) is 35.4 Å². The predicted molar refractivity (Wildman–Crippen MR) is 80.4 cm³/mol. The molecule has 2 heteroatoms. The zero-order valence-corrected chi connectivity index (χ0v) is 12.5. The molecule has 1 atom stereocenters. The van der Waals surface area contributed by atoms with Gasteiger partial charge in [0.05, 0.1) is 12.7 Å². The van der Waals surface area contributed by atoms with Crippen LogP contribution >= 0.6 is 0 Å². The molecule has 0 spiro atoms. The molecule has 1 heterocycles. The van der Waals surface area contributed by atoms with Gasteiger partial charge < -0.3 is 10.1 Å². The molecule has 0 bridgehead atoms. The second kappa shape index (κ2) is 6.53. The van der Waals surface area contributed by atoms with Crippen molar-refractivity contribution in [1.82, 2.24) is 5.32 Å². The average Bonchev–Trinajstić information content (AvgIpc) is 2.70. The summed E-state index contributed by atoms with van der Waals surface area (Å²) in [6, 6.07) is 8.87. The lowest BCUT2D eigenvalue weighted by molar-refractivity contribution is 0.0103. The van der Waals surface area contributed by atoms with Crippen LogP contribution < -0.4 is 5.32 Å². The normalized spacial score (nSPS) is 23.0. The molecule has 2 nitrogen and oxygen atoms in total. The molecular weight excluding hydrogens is 234 g/mol. The molecule has 1 unspecified atom stereocenters.